The average Bonchev–Trinajstić information content (AvgIpc) is 2.38. The summed E-state index contributed by atoms with van der Waals surface area (Å²) in [6, 6.07) is 3.74. The zero-order valence-electron chi connectivity index (χ0n) is 10.5. The van der Waals surface area contributed by atoms with E-state index < -0.39 is 35.6 Å². The normalized spacial score (nSPS) is 14.4. The molecule has 0 aliphatic heterocycles. The van der Waals surface area contributed by atoms with Crippen molar-refractivity contribution in [2.75, 3.05) is 5.88 Å². The van der Waals surface area contributed by atoms with Gasteiger partial charge in [-0.2, -0.15) is 8.78 Å². The van der Waals surface area contributed by atoms with Gasteiger partial charge >= 0.3 is 5.76 Å². The molecule has 1 aromatic rings. The van der Waals surface area contributed by atoms with Crippen LogP contribution in [0.4, 0.5) is 8.78 Å². The van der Waals surface area contributed by atoms with Gasteiger partial charge in [0, 0.05) is 5.88 Å². The summed E-state index contributed by atoms with van der Waals surface area (Å²) in [5, 5.41) is -0.738. The van der Waals surface area contributed by atoms with Crippen LogP contribution in [0.3, 0.4) is 0 Å². The van der Waals surface area contributed by atoms with E-state index in [1.165, 1.54) is 6.92 Å². The van der Waals surface area contributed by atoms with Crippen molar-refractivity contribution in [1.82, 2.24) is 0 Å². The molecule has 0 aliphatic carbocycles. The molecule has 0 spiro atoms. The maximum absolute atomic E-state index is 12.3. The molecule has 0 aliphatic rings. The van der Waals surface area contributed by atoms with E-state index in [2.05, 4.69) is 0 Å². The summed E-state index contributed by atoms with van der Waals surface area (Å²) >= 11 is 5.48. The van der Waals surface area contributed by atoms with E-state index in [-0.39, 0.29) is 17.2 Å². The summed E-state index contributed by atoms with van der Waals surface area (Å²) in [5.74, 6) is -3.38. The summed E-state index contributed by atoms with van der Waals surface area (Å²) in [4.78, 5) is -0.736. The zero-order chi connectivity index (χ0) is 15.6. The molecule has 1 rings (SSSR count). The Morgan fingerprint density at radius 3 is 1.75 bits per heavy atom. The van der Waals surface area contributed by atoms with Gasteiger partial charge in [0.2, 0.25) is 9.84 Å². The number of sulfone groups is 2. The first kappa shape index (κ1) is 17.3. The van der Waals surface area contributed by atoms with Gasteiger partial charge in [-0.1, -0.05) is 0 Å². The van der Waals surface area contributed by atoms with Crippen LogP contribution in [0.15, 0.2) is 34.1 Å². The summed E-state index contributed by atoms with van der Waals surface area (Å²) in [7, 11) is -8.37. The summed E-state index contributed by atoms with van der Waals surface area (Å²) < 4.78 is 71.2. The van der Waals surface area contributed by atoms with Crippen molar-refractivity contribution in [3.05, 3.63) is 24.3 Å². The molecule has 0 fully saturated rings. The molecule has 9 heteroatoms. The quantitative estimate of drug-likeness (QED) is 0.742. The van der Waals surface area contributed by atoms with Crippen molar-refractivity contribution >= 4 is 31.3 Å². The minimum Gasteiger partial charge on any atom is -0.223 e. The van der Waals surface area contributed by atoms with E-state index in [1.54, 1.807) is 0 Å². The molecule has 4 nitrogen and oxygen atoms in total. The first-order valence-electron chi connectivity index (χ1n) is 5.56. The molecule has 1 atom stereocenters. The maximum Gasteiger partial charge on any atom is 0.341 e. The molecule has 0 radical (unpaired) electrons. The highest BCUT2D eigenvalue weighted by Crippen LogP contribution is 2.23. The van der Waals surface area contributed by atoms with Gasteiger partial charge in [-0.05, 0) is 37.6 Å². The fourth-order valence-corrected chi connectivity index (χ4v) is 4.05. The van der Waals surface area contributed by atoms with Gasteiger partial charge in [-0.3, -0.25) is 0 Å². The fraction of sp³-hybridized carbons (Fsp3) is 0.455. The van der Waals surface area contributed by atoms with Crippen LogP contribution in [0.5, 0.6) is 0 Å². The van der Waals surface area contributed by atoms with Crippen LogP contribution < -0.4 is 0 Å². The lowest BCUT2D eigenvalue weighted by molar-refractivity contribution is 0.234. The Kier molecular flexibility index (Phi) is 5.51. The second-order valence-electron chi connectivity index (χ2n) is 4.11. The molecule has 0 heterocycles. The van der Waals surface area contributed by atoms with E-state index >= 15 is 0 Å². The Bertz CT molecular complexity index is 654. The van der Waals surface area contributed by atoms with Crippen LogP contribution in [0, 0.1) is 0 Å². The third-order valence-corrected chi connectivity index (χ3v) is 6.60. The van der Waals surface area contributed by atoms with Crippen LogP contribution in [-0.4, -0.2) is 33.7 Å². The van der Waals surface area contributed by atoms with Gasteiger partial charge in [0.05, 0.1) is 15.0 Å². The monoisotopic (exact) mass is 346 g/mol. The topological polar surface area (TPSA) is 68.3 Å². The number of hydrogen-bond acceptors (Lipinski definition) is 4. The molecule has 114 valence electrons. The highest BCUT2D eigenvalue weighted by Gasteiger charge is 2.28. The van der Waals surface area contributed by atoms with E-state index in [0.717, 1.165) is 24.3 Å². The van der Waals surface area contributed by atoms with E-state index in [4.69, 9.17) is 11.6 Å². The van der Waals surface area contributed by atoms with Gasteiger partial charge in [-0.15, -0.1) is 11.6 Å². The molecule has 1 unspecified atom stereocenters. The van der Waals surface area contributed by atoms with Gasteiger partial charge in [-0.25, -0.2) is 16.8 Å². The molecule has 0 saturated carbocycles. The van der Waals surface area contributed by atoms with Crippen molar-refractivity contribution in [1.29, 1.82) is 0 Å². The lowest BCUT2D eigenvalue weighted by Gasteiger charge is -2.12. The predicted molar refractivity (Wildman–Crippen MR) is 71.6 cm³/mol. The molecule has 0 saturated heterocycles. The molecule has 0 bridgehead atoms. The van der Waals surface area contributed by atoms with Gasteiger partial charge in [0.15, 0.2) is 9.84 Å². The Morgan fingerprint density at radius 2 is 1.40 bits per heavy atom. The molecule has 20 heavy (non-hydrogen) atoms. The van der Waals surface area contributed by atoms with Crippen LogP contribution in [0.2, 0.25) is 0 Å². The van der Waals surface area contributed by atoms with Crippen molar-refractivity contribution in [3.8, 4) is 0 Å². The number of rotatable bonds is 6. The van der Waals surface area contributed by atoms with Gasteiger partial charge in [0.25, 0.3) is 0 Å². The molecular weight excluding hydrogens is 334 g/mol. The Labute approximate surface area is 121 Å². The van der Waals surface area contributed by atoms with E-state index in [9.17, 15) is 25.6 Å². The molecular formula is C11H13ClF2O4S2. The van der Waals surface area contributed by atoms with Crippen molar-refractivity contribution < 1.29 is 25.6 Å². The fourth-order valence-electron chi connectivity index (χ4n) is 1.46. The highest BCUT2D eigenvalue weighted by molar-refractivity contribution is 7.92. The minimum absolute atomic E-state index is 0.122. The average molecular weight is 347 g/mol. The lowest BCUT2D eigenvalue weighted by atomic mass is 10.4. The zero-order valence-corrected chi connectivity index (χ0v) is 12.9. The Hall–Kier alpha value is -0.730. The third-order valence-electron chi connectivity index (χ3n) is 2.76. The van der Waals surface area contributed by atoms with Crippen LogP contribution in [0.1, 0.15) is 13.3 Å². The van der Waals surface area contributed by atoms with Crippen molar-refractivity contribution in [2.24, 2.45) is 0 Å². The van der Waals surface area contributed by atoms with E-state index in [0.29, 0.717) is 0 Å². The van der Waals surface area contributed by atoms with E-state index in [1.807, 2.05) is 0 Å². The SMILES string of the molecule is CC(CCCl)S(=O)(=O)c1ccc(S(=O)(=O)C(F)F)cc1. The van der Waals surface area contributed by atoms with Crippen molar-refractivity contribution in [3.63, 3.8) is 0 Å². The molecule has 0 N–H and O–H groups in total. The van der Waals surface area contributed by atoms with Gasteiger partial charge in [0.1, 0.15) is 0 Å². The summed E-state index contributed by atoms with van der Waals surface area (Å²) in [6.07, 6.45) is 0.237. The van der Waals surface area contributed by atoms with Crippen LogP contribution >= 0.6 is 11.6 Å². The first-order chi connectivity index (χ1) is 9.14. The standard InChI is InChI=1S/C11H13ClF2O4S2/c1-8(6-7-12)19(15,16)9-2-4-10(5-3-9)20(17,18)11(13)14/h2-5,8,11H,6-7H2,1H3. The Morgan fingerprint density at radius 1 is 1.00 bits per heavy atom. The Balaban J connectivity index is 3.16. The number of halogens is 3. The maximum atomic E-state index is 12.3. The first-order valence-corrected chi connectivity index (χ1v) is 9.18. The smallest absolute Gasteiger partial charge is 0.223 e. The largest absolute Gasteiger partial charge is 0.341 e. The van der Waals surface area contributed by atoms with Gasteiger partial charge < -0.3 is 0 Å². The number of hydrogen-bond donors (Lipinski definition) is 0. The summed E-state index contributed by atoms with van der Waals surface area (Å²) in [5.41, 5.74) is 0. The third kappa shape index (κ3) is 3.48. The second-order valence-corrected chi connectivity index (χ2v) is 8.77. The molecule has 1 aromatic carbocycles. The van der Waals surface area contributed by atoms with Crippen LogP contribution in [-0.2, 0) is 19.7 Å². The summed E-state index contributed by atoms with van der Waals surface area (Å²) in [6.45, 7) is 1.47. The highest BCUT2D eigenvalue weighted by atomic mass is 35.5. The molecule has 0 aromatic heterocycles. The second kappa shape index (κ2) is 6.36. The predicted octanol–water partition coefficient (Wildman–Crippen LogP) is 2.47. The van der Waals surface area contributed by atoms with Crippen LogP contribution in [0.25, 0.3) is 0 Å². The number of benzene rings is 1. The van der Waals surface area contributed by atoms with Crippen molar-refractivity contribution in [2.45, 2.75) is 34.1 Å². The number of alkyl halides is 3. The lowest BCUT2D eigenvalue weighted by Crippen LogP contribution is -2.19. The minimum atomic E-state index is -4.72. The molecule has 0 amide bonds.